The summed E-state index contributed by atoms with van der Waals surface area (Å²) in [5.41, 5.74) is 1.69. The number of aliphatic imine (C=N–C) groups is 1. The summed E-state index contributed by atoms with van der Waals surface area (Å²) >= 11 is 7.48. The number of thioether (sulfide) groups is 1. The smallest absolute Gasteiger partial charge is 0.258 e. The fourth-order valence-corrected chi connectivity index (χ4v) is 7.94. The Bertz CT molecular complexity index is 1410. The van der Waals surface area contributed by atoms with E-state index in [2.05, 4.69) is 4.98 Å². The molecule has 0 aliphatic carbocycles. The first-order chi connectivity index (χ1) is 15.8. The van der Waals surface area contributed by atoms with E-state index in [1.807, 2.05) is 36.1 Å². The first-order valence-electron chi connectivity index (χ1n) is 10.4. The van der Waals surface area contributed by atoms with Crippen molar-refractivity contribution < 1.29 is 13.2 Å². The number of anilines is 1. The van der Waals surface area contributed by atoms with Gasteiger partial charge in [-0.15, -0.1) is 0 Å². The second-order valence-corrected chi connectivity index (χ2v) is 11.7. The maximum absolute atomic E-state index is 12.7. The van der Waals surface area contributed by atoms with E-state index in [-0.39, 0.29) is 28.4 Å². The summed E-state index contributed by atoms with van der Waals surface area (Å²) in [7, 11) is -3.05. The second kappa shape index (κ2) is 8.66. The van der Waals surface area contributed by atoms with Crippen molar-refractivity contribution in [3.05, 3.63) is 69.7 Å². The molecule has 0 radical (unpaired) electrons. The van der Waals surface area contributed by atoms with Crippen LogP contribution in [0.15, 0.2) is 58.4 Å². The number of pyridine rings is 1. The summed E-state index contributed by atoms with van der Waals surface area (Å²) in [6.07, 6.45) is 1.54. The van der Waals surface area contributed by atoms with E-state index in [0.717, 1.165) is 16.6 Å². The van der Waals surface area contributed by atoms with E-state index in [0.29, 0.717) is 29.5 Å². The molecule has 1 aromatic carbocycles. The van der Waals surface area contributed by atoms with Gasteiger partial charge in [0.05, 0.1) is 41.4 Å². The lowest BCUT2D eigenvalue weighted by molar-refractivity contribution is 0.340. The molecule has 1 fully saturated rings. The molecule has 11 heteroatoms. The van der Waals surface area contributed by atoms with Gasteiger partial charge in [-0.3, -0.25) is 14.2 Å². The lowest BCUT2D eigenvalue weighted by Crippen LogP contribution is -2.29. The third-order valence-electron chi connectivity index (χ3n) is 5.49. The number of hydrogen-bond donors (Lipinski definition) is 0. The van der Waals surface area contributed by atoms with Gasteiger partial charge in [0.1, 0.15) is 11.4 Å². The molecule has 0 bridgehead atoms. The van der Waals surface area contributed by atoms with Gasteiger partial charge in [0.15, 0.2) is 15.0 Å². The van der Waals surface area contributed by atoms with Crippen LogP contribution >= 0.6 is 23.4 Å². The van der Waals surface area contributed by atoms with Gasteiger partial charge >= 0.3 is 0 Å². The average Bonchev–Trinajstić information content (AvgIpc) is 3.27. The zero-order valence-electron chi connectivity index (χ0n) is 17.7. The molecule has 8 nitrogen and oxygen atoms in total. The van der Waals surface area contributed by atoms with Gasteiger partial charge in [-0.1, -0.05) is 23.4 Å². The maximum atomic E-state index is 12.7. The molecule has 33 heavy (non-hydrogen) atoms. The minimum absolute atomic E-state index is 0.0710. The number of fused-ring (bicyclic) bond motifs is 2. The van der Waals surface area contributed by atoms with Gasteiger partial charge in [-0.25, -0.2) is 13.4 Å². The van der Waals surface area contributed by atoms with Crippen molar-refractivity contribution in [2.75, 3.05) is 23.0 Å². The minimum Gasteiger partial charge on any atom is -0.494 e. The van der Waals surface area contributed by atoms with E-state index >= 15 is 0 Å². The highest BCUT2D eigenvalue weighted by molar-refractivity contribution is 8.15. The number of hydrogen-bond acceptors (Lipinski definition) is 8. The van der Waals surface area contributed by atoms with E-state index in [4.69, 9.17) is 21.3 Å². The normalized spacial score (nSPS) is 21.1. The Morgan fingerprint density at radius 2 is 2.00 bits per heavy atom. The first-order valence-corrected chi connectivity index (χ1v) is 13.5. The van der Waals surface area contributed by atoms with Crippen LogP contribution in [0.2, 0.25) is 5.02 Å². The van der Waals surface area contributed by atoms with Crippen molar-refractivity contribution in [3.8, 4) is 5.75 Å². The van der Waals surface area contributed by atoms with Crippen LogP contribution in [0.1, 0.15) is 12.6 Å². The summed E-state index contributed by atoms with van der Waals surface area (Å²) in [4.78, 5) is 24.0. The molecule has 172 valence electrons. The SMILES string of the molecule is CCOc1ccc(N(Cc2cc(=O)n3cc(Cl)ccc3n2)C2=N[C@H]3CS(=O)(=O)C[C@@H]3S2)cc1. The van der Waals surface area contributed by atoms with Crippen LogP contribution in [0, 0.1) is 0 Å². The zero-order chi connectivity index (χ0) is 23.2. The topological polar surface area (TPSA) is 93.3 Å². The Balaban J connectivity index is 1.51. The molecule has 2 aliphatic heterocycles. The fraction of sp³-hybridized carbons (Fsp3) is 0.318. The molecule has 2 atom stereocenters. The van der Waals surface area contributed by atoms with E-state index in [1.165, 1.54) is 22.2 Å². The minimum atomic E-state index is -3.05. The molecule has 0 unspecified atom stereocenters. The molecule has 5 rings (SSSR count). The molecule has 2 aliphatic rings. The second-order valence-electron chi connectivity index (χ2n) is 7.89. The molecule has 3 aromatic rings. The summed E-state index contributed by atoms with van der Waals surface area (Å²) in [6, 6.07) is 12.2. The van der Waals surface area contributed by atoms with Gasteiger partial charge in [0.25, 0.3) is 5.56 Å². The zero-order valence-corrected chi connectivity index (χ0v) is 20.1. The van der Waals surface area contributed by atoms with Crippen molar-refractivity contribution in [1.29, 1.82) is 0 Å². The van der Waals surface area contributed by atoms with Crippen LogP contribution in [0.3, 0.4) is 0 Å². The molecule has 4 heterocycles. The van der Waals surface area contributed by atoms with E-state index in [9.17, 15) is 13.2 Å². The third kappa shape index (κ3) is 4.60. The van der Waals surface area contributed by atoms with Crippen LogP contribution in [0.4, 0.5) is 5.69 Å². The number of nitrogens with zero attached hydrogens (tertiary/aromatic N) is 4. The van der Waals surface area contributed by atoms with Gasteiger partial charge in [0, 0.05) is 23.2 Å². The quantitative estimate of drug-likeness (QED) is 0.527. The third-order valence-corrected chi connectivity index (χ3v) is 8.96. The molecular formula is C22H21ClN4O4S2. The van der Waals surface area contributed by atoms with Gasteiger partial charge in [0.2, 0.25) is 0 Å². The molecular weight excluding hydrogens is 484 g/mol. The van der Waals surface area contributed by atoms with Crippen molar-refractivity contribution in [3.63, 3.8) is 0 Å². The highest BCUT2D eigenvalue weighted by atomic mass is 35.5. The number of halogens is 1. The lowest BCUT2D eigenvalue weighted by atomic mass is 10.2. The maximum Gasteiger partial charge on any atom is 0.258 e. The highest BCUT2D eigenvalue weighted by Gasteiger charge is 2.44. The van der Waals surface area contributed by atoms with E-state index < -0.39 is 9.84 Å². The number of rotatable bonds is 5. The largest absolute Gasteiger partial charge is 0.494 e. The van der Waals surface area contributed by atoms with Crippen LogP contribution in [-0.4, -0.2) is 52.4 Å². The molecule has 2 aromatic heterocycles. The van der Waals surface area contributed by atoms with Crippen molar-refractivity contribution in [1.82, 2.24) is 9.38 Å². The monoisotopic (exact) mass is 504 g/mol. The predicted octanol–water partition coefficient (Wildman–Crippen LogP) is 3.02. The summed E-state index contributed by atoms with van der Waals surface area (Å²) in [5.74, 6) is 0.953. The molecule has 0 saturated carbocycles. The Kier molecular flexibility index (Phi) is 5.84. The number of aromatic nitrogens is 2. The number of sulfone groups is 1. The predicted molar refractivity (Wildman–Crippen MR) is 132 cm³/mol. The molecule has 0 amide bonds. The summed E-state index contributed by atoms with van der Waals surface area (Å²) in [5, 5.41) is 1.09. The van der Waals surface area contributed by atoms with Crippen molar-refractivity contribution in [2.45, 2.75) is 24.8 Å². The van der Waals surface area contributed by atoms with Gasteiger partial charge in [-0.05, 0) is 43.3 Å². The van der Waals surface area contributed by atoms with Crippen LogP contribution in [0.25, 0.3) is 5.65 Å². The van der Waals surface area contributed by atoms with Crippen LogP contribution in [-0.2, 0) is 16.4 Å². The molecule has 1 saturated heterocycles. The standard InChI is InChI=1S/C22H21ClN4O4S2/c1-2-31-17-6-4-16(5-7-17)26(22-25-18-12-33(29,30)13-19(18)32-22)11-15-9-21(28)27-10-14(23)3-8-20(27)24-15/h3-10,18-19H,2,11-13H2,1H3/t18-,19-/m0/s1. The van der Waals surface area contributed by atoms with Crippen LogP contribution < -0.4 is 15.2 Å². The lowest BCUT2D eigenvalue weighted by Gasteiger charge is -2.24. The Labute approximate surface area is 200 Å². The fourth-order valence-electron chi connectivity index (χ4n) is 4.00. The Hall–Kier alpha value is -2.56. The van der Waals surface area contributed by atoms with Crippen molar-refractivity contribution in [2.24, 2.45) is 4.99 Å². The number of ether oxygens (including phenoxy) is 1. The van der Waals surface area contributed by atoms with Gasteiger partial charge in [-0.2, -0.15) is 0 Å². The van der Waals surface area contributed by atoms with Crippen LogP contribution in [0.5, 0.6) is 5.75 Å². The van der Waals surface area contributed by atoms with Crippen molar-refractivity contribution >= 4 is 49.7 Å². The first kappa shape index (κ1) is 22.2. The number of amidine groups is 1. The highest BCUT2D eigenvalue weighted by Crippen LogP contribution is 2.37. The average molecular weight is 505 g/mol. The van der Waals surface area contributed by atoms with E-state index in [1.54, 1.807) is 18.3 Å². The van der Waals surface area contributed by atoms with Gasteiger partial charge < -0.3 is 9.64 Å². The summed E-state index contributed by atoms with van der Waals surface area (Å²) < 4.78 is 31.0. The summed E-state index contributed by atoms with van der Waals surface area (Å²) in [6.45, 7) is 2.80. The molecule has 0 spiro atoms. The Morgan fingerprint density at radius 3 is 2.73 bits per heavy atom. The Morgan fingerprint density at radius 1 is 1.21 bits per heavy atom. The number of benzene rings is 1. The molecule has 0 N–H and O–H groups in total.